The molecule has 0 radical (unpaired) electrons. The molecular weight excluding hydrogens is 314 g/mol. The molecule has 6 heteroatoms. The number of nitrogens with zero attached hydrogens (tertiary/aromatic N) is 2. The van der Waals surface area contributed by atoms with Gasteiger partial charge in [0.05, 0.1) is 19.3 Å². The summed E-state index contributed by atoms with van der Waals surface area (Å²) in [7, 11) is 0. The third kappa shape index (κ3) is 2.56. The van der Waals surface area contributed by atoms with Gasteiger partial charge in [0, 0.05) is 30.6 Å². The van der Waals surface area contributed by atoms with Crippen LogP contribution in [0.1, 0.15) is 24.3 Å². The maximum atomic E-state index is 13.7. The summed E-state index contributed by atoms with van der Waals surface area (Å²) < 4.78 is 27.5. The highest BCUT2D eigenvalue weighted by Crippen LogP contribution is 2.47. The molecule has 4 fully saturated rings. The lowest BCUT2D eigenvalue weighted by Crippen LogP contribution is -2.61. The average Bonchev–Trinajstić information content (AvgIpc) is 2.99. The smallest absolute Gasteiger partial charge is 0.126 e. The number of likely N-dealkylation sites (tertiary alicyclic amines) is 1. The van der Waals surface area contributed by atoms with Gasteiger partial charge in [0.1, 0.15) is 11.6 Å². The van der Waals surface area contributed by atoms with Crippen molar-refractivity contribution in [1.82, 2.24) is 9.80 Å². The fraction of sp³-hybridized carbons (Fsp3) is 0.667. The van der Waals surface area contributed by atoms with Crippen LogP contribution in [0, 0.1) is 17.6 Å². The van der Waals surface area contributed by atoms with Gasteiger partial charge in [-0.25, -0.2) is 8.78 Å². The van der Waals surface area contributed by atoms with Crippen LogP contribution in [0.15, 0.2) is 18.2 Å². The summed E-state index contributed by atoms with van der Waals surface area (Å²) in [5.41, 5.74) is 0.687. The molecule has 2 bridgehead atoms. The fourth-order valence-corrected chi connectivity index (χ4v) is 5.22. The maximum absolute atomic E-state index is 13.7. The Morgan fingerprint density at radius 1 is 1.00 bits per heavy atom. The Kier molecular flexibility index (Phi) is 4.33. The van der Waals surface area contributed by atoms with Crippen molar-refractivity contribution in [3.63, 3.8) is 0 Å². The fourth-order valence-electron chi connectivity index (χ4n) is 5.22. The minimum absolute atomic E-state index is 0.00361. The second-order valence-electron chi connectivity index (χ2n) is 7.38. The van der Waals surface area contributed by atoms with Gasteiger partial charge >= 0.3 is 0 Å². The number of rotatable bonds is 4. The van der Waals surface area contributed by atoms with Crippen molar-refractivity contribution in [3.8, 4) is 0 Å². The van der Waals surface area contributed by atoms with Crippen molar-refractivity contribution in [2.24, 2.45) is 5.92 Å². The molecule has 0 amide bonds. The van der Waals surface area contributed by atoms with E-state index in [9.17, 15) is 19.0 Å². The molecule has 5 rings (SSSR count). The normalized spacial score (nSPS) is 35.6. The molecule has 4 aliphatic rings. The van der Waals surface area contributed by atoms with Gasteiger partial charge in [-0.2, -0.15) is 0 Å². The molecule has 24 heavy (non-hydrogen) atoms. The molecule has 3 atom stereocenters. The Morgan fingerprint density at radius 2 is 1.62 bits per heavy atom. The van der Waals surface area contributed by atoms with Gasteiger partial charge in [-0.15, -0.1) is 0 Å². The number of piperidine rings is 3. The van der Waals surface area contributed by atoms with Gasteiger partial charge in [0.2, 0.25) is 0 Å². The van der Waals surface area contributed by atoms with Crippen molar-refractivity contribution in [1.29, 1.82) is 0 Å². The number of aliphatic hydroxyl groups excluding tert-OH is 2. The van der Waals surface area contributed by atoms with Crippen LogP contribution < -0.4 is 0 Å². The molecule has 0 saturated carbocycles. The Labute approximate surface area is 140 Å². The van der Waals surface area contributed by atoms with Crippen molar-refractivity contribution >= 4 is 0 Å². The third-order valence-corrected chi connectivity index (χ3v) is 6.24. The Balaban J connectivity index is 1.72. The second kappa shape index (κ2) is 6.33. The molecule has 1 aromatic rings. The standard InChI is InChI=1S/C18H24F2N2O2/c19-13-5-12(6-14(20)7-13)16-8-22(15(9-23)10-24)17-11-1-3-21(4-2-11)18(16)17/h5-7,11,15-18,23-24H,1-4,8-10H2/t16-,17-,18-/m1/s1. The summed E-state index contributed by atoms with van der Waals surface area (Å²) >= 11 is 0. The molecule has 4 nitrogen and oxygen atoms in total. The third-order valence-electron chi connectivity index (χ3n) is 6.24. The van der Waals surface area contributed by atoms with Crippen LogP contribution in [-0.4, -0.2) is 71.0 Å². The van der Waals surface area contributed by atoms with Gasteiger partial charge in [0.15, 0.2) is 0 Å². The van der Waals surface area contributed by atoms with E-state index in [1.54, 1.807) is 0 Å². The average molecular weight is 338 g/mol. The van der Waals surface area contributed by atoms with E-state index in [0.717, 1.165) is 32.0 Å². The van der Waals surface area contributed by atoms with E-state index in [1.165, 1.54) is 12.1 Å². The first-order chi connectivity index (χ1) is 11.6. The van der Waals surface area contributed by atoms with Crippen LogP contribution in [0.5, 0.6) is 0 Å². The number of hydrogen-bond acceptors (Lipinski definition) is 4. The van der Waals surface area contributed by atoms with Gasteiger partial charge in [-0.1, -0.05) is 0 Å². The number of halogens is 2. The largest absolute Gasteiger partial charge is 0.395 e. The van der Waals surface area contributed by atoms with Crippen LogP contribution in [0.2, 0.25) is 0 Å². The Hall–Kier alpha value is -1.08. The van der Waals surface area contributed by atoms with Crippen LogP contribution in [0.4, 0.5) is 8.78 Å². The SMILES string of the molecule is OCC(CO)N1C[C@H](c2cc(F)cc(F)c2)[C@@H]2[C@H]1C1CCN2CC1. The first-order valence-corrected chi connectivity index (χ1v) is 8.80. The molecule has 0 unspecified atom stereocenters. The van der Waals surface area contributed by atoms with Gasteiger partial charge in [0.25, 0.3) is 0 Å². The Bertz CT molecular complexity index is 582. The molecule has 4 saturated heterocycles. The van der Waals surface area contributed by atoms with E-state index in [0.29, 0.717) is 18.0 Å². The predicted octanol–water partition coefficient (Wildman–Crippen LogP) is 1.18. The molecule has 132 valence electrons. The molecular formula is C18H24F2N2O2. The first-order valence-electron chi connectivity index (χ1n) is 8.80. The second-order valence-corrected chi connectivity index (χ2v) is 7.38. The van der Waals surface area contributed by atoms with Crippen LogP contribution >= 0.6 is 0 Å². The summed E-state index contributed by atoms with van der Waals surface area (Å²) in [6, 6.07) is 3.93. The van der Waals surface area contributed by atoms with Crippen molar-refractivity contribution < 1.29 is 19.0 Å². The van der Waals surface area contributed by atoms with Gasteiger partial charge in [-0.05, 0) is 49.5 Å². The zero-order valence-electron chi connectivity index (χ0n) is 13.6. The zero-order chi connectivity index (χ0) is 16.8. The topological polar surface area (TPSA) is 46.9 Å². The summed E-state index contributed by atoms with van der Waals surface area (Å²) in [6.45, 7) is 2.47. The van der Waals surface area contributed by atoms with Gasteiger partial charge in [-0.3, -0.25) is 9.80 Å². The van der Waals surface area contributed by atoms with Crippen molar-refractivity contribution in [2.75, 3.05) is 32.8 Å². The van der Waals surface area contributed by atoms with E-state index in [1.807, 2.05) is 0 Å². The van der Waals surface area contributed by atoms with E-state index >= 15 is 0 Å². The molecule has 4 aliphatic heterocycles. The van der Waals surface area contributed by atoms with E-state index in [-0.39, 0.29) is 37.3 Å². The predicted molar refractivity (Wildman–Crippen MR) is 85.6 cm³/mol. The molecule has 1 aromatic carbocycles. The molecule has 4 heterocycles. The highest BCUT2D eigenvalue weighted by molar-refractivity contribution is 5.28. The molecule has 0 aliphatic carbocycles. The number of benzene rings is 1. The molecule has 2 N–H and O–H groups in total. The lowest BCUT2D eigenvalue weighted by Gasteiger charge is -2.52. The van der Waals surface area contributed by atoms with E-state index < -0.39 is 11.6 Å². The van der Waals surface area contributed by atoms with Crippen molar-refractivity contribution in [3.05, 3.63) is 35.4 Å². The first kappa shape index (κ1) is 16.4. The quantitative estimate of drug-likeness (QED) is 0.866. The minimum atomic E-state index is -0.545. The van der Waals surface area contributed by atoms with Crippen LogP contribution in [0.25, 0.3) is 0 Å². The highest BCUT2D eigenvalue weighted by atomic mass is 19.1. The summed E-state index contributed by atoms with van der Waals surface area (Å²) in [5.74, 6) is -0.554. The Morgan fingerprint density at radius 3 is 2.21 bits per heavy atom. The summed E-state index contributed by atoms with van der Waals surface area (Å²) in [6.07, 6.45) is 2.23. The number of hydrogen-bond donors (Lipinski definition) is 2. The number of fused-ring (bicyclic) bond motifs is 2. The van der Waals surface area contributed by atoms with Crippen molar-refractivity contribution in [2.45, 2.75) is 36.9 Å². The van der Waals surface area contributed by atoms with Gasteiger partial charge < -0.3 is 10.2 Å². The lowest BCUT2D eigenvalue weighted by molar-refractivity contribution is -0.0349. The maximum Gasteiger partial charge on any atom is 0.126 e. The summed E-state index contributed by atoms with van der Waals surface area (Å²) in [4.78, 5) is 4.62. The van der Waals surface area contributed by atoms with E-state index in [4.69, 9.17) is 0 Å². The van der Waals surface area contributed by atoms with E-state index in [2.05, 4.69) is 9.80 Å². The van der Waals surface area contributed by atoms with Crippen LogP contribution in [0.3, 0.4) is 0 Å². The zero-order valence-corrected chi connectivity index (χ0v) is 13.6. The molecule has 0 spiro atoms. The lowest BCUT2D eigenvalue weighted by atomic mass is 9.75. The van der Waals surface area contributed by atoms with Crippen LogP contribution in [-0.2, 0) is 0 Å². The highest BCUT2D eigenvalue weighted by Gasteiger charge is 2.54. The monoisotopic (exact) mass is 338 g/mol. The number of aliphatic hydroxyl groups is 2. The summed E-state index contributed by atoms with van der Waals surface area (Å²) in [5, 5.41) is 19.3. The molecule has 0 aromatic heterocycles. The minimum Gasteiger partial charge on any atom is -0.395 e.